The summed E-state index contributed by atoms with van der Waals surface area (Å²) in [6.45, 7) is 7.49. The number of likely N-dealkylation sites (tertiary alicyclic amines) is 1. The number of piperidine rings is 1. The molecule has 2 fully saturated rings. The minimum atomic E-state index is -5.08. The van der Waals surface area contributed by atoms with Gasteiger partial charge in [0.2, 0.25) is 5.91 Å². The van der Waals surface area contributed by atoms with Crippen molar-refractivity contribution in [3.8, 4) is 11.5 Å². The Morgan fingerprint density at radius 3 is 2.48 bits per heavy atom. The average Bonchev–Trinajstić information content (AvgIpc) is 3.36. The number of aliphatic carboxylic acids is 1. The molecule has 3 heterocycles. The highest BCUT2D eigenvalue weighted by Gasteiger charge is 2.53. The quantitative estimate of drug-likeness (QED) is 0.546. The van der Waals surface area contributed by atoms with Gasteiger partial charge in [0.05, 0.1) is 19.6 Å². The van der Waals surface area contributed by atoms with Gasteiger partial charge in [0, 0.05) is 36.7 Å². The third-order valence-electron chi connectivity index (χ3n) is 8.49. The van der Waals surface area contributed by atoms with Gasteiger partial charge in [0.15, 0.2) is 11.5 Å². The van der Waals surface area contributed by atoms with Crippen molar-refractivity contribution in [1.82, 2.24) is 10.2 Å². The zero-order valence-electron chi connectivity index (χ0n) is 23.0. The van der Waals surface area contributed by atoms with Crippen LogP contribution < -0.4 is 14.8 Å². The highest BCUT2D eigenvalue weighted by atomic mass is 19.4. The molecule has 5 rings (SSSR count). The van der Waals surface area contributed by atoms with Gasteiger partial charge >= 0.3 is 12.1 Å². The van der Waals surface area contributed by atoms with E-state index in [9.17, 15) is 18.0 Å². The molecule has 1 amide bonds. The standard InChI is InChI=1S/C28H36N2O3.C2HF3O2/c1-19(2)24-16-21(20-8-5-4-6-9-20)12-14-30(24)27(31)23-17-29-18-28(23)13-15-33-26-22(28)10-7-11-25(26)32-3;3-2(4,5)1(6)7/h4-11,19,21,23-24,29H,12-18H2,1-3H3;(H,6,7)/t21?,23-,24?,28-;/m0./s1. The van der Waals surface area contributed by atoms with E-state index >= 15 is 0 Å². The number of halogens is 3. The van der Waals surface area contributed by atoms with Gasteiger partial charge in [-0.1, -0.05) is 56.3 Å². The molecule has 1 spiro atoms. The molecular weight excluding hydrogens is 525 g/mol. The number of amides is 1. The maximum absolute atomic E-state index is 14.2. The molecule has 10 heteroatoms. The number of ether oxygens (including phenoxy) is 2. The van der Waals surface area contributed by atoms with Crippen LogP contribution in [0.2, 0.25) is 0 Å². The Kier molecular flexibility index (Phi) is 8.97. The highest BCUT2D eigenvalue weighted by Crippen LogP contribution is 2.50. The molecule has 0 aliphatic carbocycles. The molecule has 0 bridgehead atoms. The van der Waals surface area contributed by atoms with Crippen molar-refractivity contribution < 1.29 is 37.3 Å². The number of hydrogen-bond acceptors (Lipinski definition) is 5. The second-order valence-electron chi connectivity index (χ2n) is 11.1. The van der Waals surface area contributed by atoms with Crippen LogP contribution in [0.15, 0.2) is 48.5 Å². The van der Waals surface area contributed by atoms with Gasteiger partial charge in [-0.05, 0) is 42.7 Å². The SMILES string of the molecule is COc1cccc2c1OCC[C@]21CNC[C@H]1C(=O)N1CCC(c2ccccc2)CC1C(C)C.O=C(O)C(F)(F)F. The zero-order valence-corrected chi connectivity index (χ0v) is 23.0. The summed E-state index contributed by atoms with van der Waals surface area (Å²) in [7, 11) is 1.68. The van der Waals surface area contributed by atoms with E-state index in [4.69, 9.17) is 19.4 Å². The molecule has 2 unspecified atom stereocenters. The Morgan fingerprint density at radius 2 is 1.85 bits per heavy atom. The average molecular weight is 563 g/mol. The Labute approximate surface area is 232 Å². The predicted molar refractivity (Wildman–Crippen MR) is 144 cm³/mol. The Balaban J connectivity index is 0.000000470. The molecule has 218 valence electrons. The molecule has 0 radical (unpaired) electrons. The third-order valence-corrected chi connectivity index (χ3v) is 8.49. The number of fused-ring (bicyclic) bond motifs is 2. The summed E-state index contributed by atoms with van der Waals surface area (Å²) < 4.78 is 43.4. The fourth-order valence-corrected chi connectivity index (χ4v) is 6.45. The van der Waals surface area contributed by atoms with Gasteiger partial charge in [0.25, 0.3) is 0 Å². The second-order valence-corrected chi connectivity index (χ2v) is 11.1. The minimum absolute atomic E-state index is 0.0817. The van der Waals surface area contributed by atoms with Gasteiger partial charge in [-0.25, -0.2) is 4.79 Å². The van der Waals surface area contributed by atoms with Crippen molar-refractivity contribution >= 4 is 11.9 Å². The first-order chi connectivity index (χ1) is 19.0. The molecule has 0 saturated carbocycles. The number of para-hydroxylation sites is 1. The van der Waals surface area contributed by atoms with Crippen molar-refractivity contribution in [2.75, 3.05) is 33.4 Å². The Hall–Kier alpha value is -3.27. The normalized spacial score (nSPS) is 26.0. The number of rotatable bonds is 4. The van der Waals surface area contributed by atoms with E-state index in [1.54, 1.807) is 7.11 Å². The van der Waals surface area contributed by atoms with Crippen LogP contribution in [-0.4, -0.2) is 67.5 Å². The van der Waals surface area contributed by atoms with Crippen LogP contribution in [0.5, 0.6) is 11.5 Å². The first kappa shape index (κ1) is 29.7. The van der Waals surface area contributed by atoms with E-state index in [0.29, 0.717) is 24.3 Å². The number of nitrogens with zero attached hydrogens (tertiary/aromatic N) is 1. The first-order valence-electron chi connectivity index (χ1n) is 13.7. The van der Waals surface area contributed by atoms with E-state index in [-0.39, 0.29) is 17.4 Å². The molecule has 3 aliphatic heterocycles. The number of nitrogens with one attached hydrogen (secondary N) is 1. The van der Waals surface area contributed by atoms with Crippen LogP contribution in [0.3, 0.4) is 0 Å². The maximum Gasteiger partial charge on any atom is 0.490 e. The maximum atomic E-state index is 14.2. The van der Waals surface area contributed by atoms with Crippen molar-refractivity contribution in [2.45, 2.75) is 56.7 Å². The lowest BCUT2D eigenvalue weighted by molar-refractivity contribution is -0.192. The topological polar surface area (TPSA) is 88.1 Å². The van der Waals surface area contributed by atoms with Gasteiger partial charge < -0.3 is 24.8 Å². The second kappa shape index (κ2) is 12.1. The lowest BCUT2D eigenvalue weighted by Crippen LogP contribution is -2.54. The molecule has 3 aliphatic rings. The summed E-state index contributed by atoms with van der Waals surface area (Å²) in [5.41, 5.74) is 2.29. The van der Waals surface area contributed by atoms with Crippen molar-refractivity contribution in [1.29, 1.82) is 0 Å². The molecule has 7 nitrogen and oxygen atoms in total. The van der Waals surface area contributed by atoms with E-state index in [2.05, 4.69) is 60.5 Å². The van der Waals surface area contributed by atoms with E-state index in [1.807, 2.05) is 12.1 Å². The summed E-state index contributed by atoms with van der Waals surface area (Å²) in [6.07, 6.45) is -2.17. The molecular formula is C30H37F3N2O5. The first-order valence-corrected chi connectivity index (χ1v) is 13.7. The number of methoxy groups -OCH3 is 1. The summed E-state index contributed by atoms with van der Waals surface area (Å²) in [4.78, 5) is 25.3. The monoisotopic (exact) mass is 562 g/mol. The smallest absolute Gasteiger partial charge is 0.490 e. The fourth-order valence-electron chi connectivity index (χ4n) is 6.45. The van der Waals surface area contributed by atoms with Crippen molar-refractivity contribution in [3.05, 3.63) is 59.7 Å². The van der Waals surface area contributed by atoms with Crippen molar-refractivity contribution in [2.24, 2.45) is 11.8 Å². The number of carbonyl (C=O) groups is 2. The number of benzene rings is 2. The summed E-state index contributed by atoms with van der Waals surface area (Å²) in [5, 5.41) is 10.7. The number of carbonyl (C=O) groups excluding carboxylic acids is 1. The number of alkyl halides is 3. The Morgan fingerprint density at radius 1 is 1.15 bits per heavy atom. The zero-order chi connectivity index (χ0) is 29.1. The lowest BCUT2D eigenvalue weighted by Gasteiger charge is -2.46. The molecule has 2 N–H and O–H groups in total. The summed E-state index contributed by atoms with van der Waals surface area (Å²) in [5.74, 6) is -0.0151. The van der Waals surface area contributed by atoms with Crippen LogP contribution in [0.1, 0.15) is 50.2 Å². The largest absolute Gasteiger partial charge is 0.493 e. The van der Waals surface area contributed by atoms with Crippen LogP contribution >= 0.6 is 0 Å². The number of carboxylic acid groups (broad SMARTS) is 1. The molecule has 2 aromatic carbocycles. The van der Waals surface area contributed by atoms with E-state index < -0.39 is 12.1 Å². The van der Waals surface area contributed by atoms with Gasteiger partial charge in [0.1, 0.15) is 0 Å². The molecule has 0 aromatic heterocycles. The predicted octanol–water partition coefficient (Wildman–Crippen LogP) is 5.00. The van der Waals surface area contributed by atoms with E-state index in [0.717, 1.165) is 56.0 Å². The van der Waals surface area contributed by atoms with Gasteiger partial charge in [-0.3, -0.25) is 4.79 Å². The molecule has 4 atom stereocenters. The van der Waals surface area contributed by atoms with Crippen LogP contribution in [0.4, 0.5) is 13.2 Å². The summed E-state index contributed by atoms with van der Waals surface area (Å²) in [6, 6.07) is 17.2. The summed E-state index contributed by atoms with van der Waals surface area (Å²) >= 11 is 0. The Bertz CT molecular complexity index is 1190. The van der Waals surface area contributed by atoms with Crippen LogP contribution in [0.25, 0.3) is 0 Å². The molecule has 40 heavy (non-hydrogen) atoms. The minimum Gasteiger partial charge on any atom is -0.493 e. The number of carboxylic acids is 1. The highest BCUT2D eigenvalue weighted by molar-refractivity contribution is 5.82. The third kappa shape index (κ3) is 5.92. The van der Waals surface area contributed by atoms with E-state index in [1.165, 1.54) is 5.56 Å². The van der Waals surface area contributed by atoms with Crippen LogP contribution in [-0.2, 0) is 15.0 Å². The molecule has 2 aromatic rings. The fraction of sp³-hybridized carbons (Fsp3) is 0.533. The number of hydrogen-bond donors (Lipinski definition) is 2. The van der Waals surface area contributed by atoms with Crippen LogP contribution in [0, 0.1) is 11.8 Å². The molecule has 2 saturated heterocycles. The lowest BCUT2D eigenvalue weighted by atomic mass is 9.68. The van der Waals surface area contributed by atoms with Gasteiger partial charge in [-0.15, -0.1) is 0 Å². The van der Waals surface area contributed by atoms with Gasteiger partial charge in [-0.2, -0.15) is 13.2 Å². The van der Waals surface area contributed by atoms with Crippen molar-refractivity contribution in [3.63, 3.8) is 0 Å².